The van der Waals surface area contributed by atoms with E-state index in [0.29, 0.717) is 5.56 Å². The van der Waals surface area contributed by atoms with Gasteiger partial charge < -0.3 is 5.73 Å². The van der Waals surface area contributed by atoms with E-state index in [0.717, 1.165) is 32.4 Å². The molecule has 1 fully saturated rings. The average Bonchev–Trinajstić information content (AvgIpc) is 2.46. The van der Waals surface area contributed by atoms with Crippen LogP contribution < -0.4 is 5.73 Å². The average molecular weight is 264 g/mol. The standard InChI is InChI=1S/C15H21FN2O/c1-2-14(17)18-9-7-12(8-10-18)15(19)11-3-5-13(16)6-4-11/h3-6,12,14H,2,7-10,17H2,1H3. The Kier molecular flexibility index (Phi) is 4.66. The van der Waals surface area contributed by atoms with Crippen molar-refractivity contribution < 1.29 is 9.18 Å². The van der Waals surface area contributed by atoms with Crippen LogP contribution >= 0.6 is 0 Å². The van der Waals surface area contributed by atoms with Crippen molar-refractivity contribution >= 4 is 5.78 Å². The molecular weight excluding hydrogens is 243 g/mol. The van der Waals surface area contributed by atoms with Gasteiger partial charge in [0, 0.05) is 24.6 Å². The molecule has 4 heteroatoms. The van der Waals surface area contributed by atoms with Gasteiger partial charge >= 0.3 is 0 Å². The van der Waals surface area contributed by atoms with Crippen LogP contribution in [-0.2, 0) is 0 Å². The third-order valence-corrected chi connectivity index (χ3v) is 3.92. The third-order valence-electron chi connectivity index (χ3n) is 3.92. The number of rotatable bonds is 4. The highest BCUT2D eigenvalue weighted by molar-refractivity contribution is 5.97. The Labute approximate surface area is 113 Å². The maximum absolute atomic E-state index is 12.8. The van der Waals surface area contributed by atoms with E-state index in [4.69, 9.17) is 5.73 Å². The molecule has 0 bridgehead atoms. The van der Waals surface area contributed by atoms with Crippen LogP contribution in [0, 0.1) is 11.7 Å². The Balaban J connectivity index is 1.94. The Hall–Kier alpha value is -1.26. The predicted octanol–water partition coefficient (Wildman–Crippen LogP) is 2.42. The fourth-order valence-electron chi connectivity index (χ4n) is 2.60. The first-order valence-electron chi connectivity index (χ1n) is 6.91. The Morgan fingerprint density at radius 2 is 1.95 bits per heavy atom. The SMILES string of the molecule is CCC(N)N1CCC(C(=O)c2ccc(F)cc2)CC1. The highest BCUT2D eigenvalue weighted by Gasteiger charge is 2.27. The van der Waals surface area contributed by atoms with Gasteiger partial charge in [0.25, 0.3) is 0 Å². The maximum Gasteiger partial charge on any atom is 0.166 e. The number of hydrogen-bond donors (Lipinski definition) is 1. The van der Waals surface area contributed by atoms with Crippen molar-refractivity contribution in [1.82, 2.24) is 4.90 Å². The largest absolute Gasteiger partial charge is 0.316 e. The smallest absolute Gasteiger partial charge is 0.166 e. The van der Waals surface area contributed by atoms with Gasteiger partial charge in [-0.3, -0.25) is 9.69 Å². The molecule has 1 heterocycles. The van der Waals surface area contributed by atoms with Crippen LogP contribution in [0.1, 0.15) is 36.5 Å². The highest BCUT2D eigenvalue weighted by atomic mass is 19.1. The predicted molar refractivity (Wildman–Crippen MR) is 73.3 cm³/mol. The summed E-state index contributed by atoms with van der Waals surface area (Å²) in [5.41, 5.74) is 6.61. The Morgan fingerprint density at radius 1 is 1.37 bits per heavy atom. The van der Waals surface area contributed by atoms with Crippen LogP contribution in [0.4, 0.5) is 4.39 Å². The van der Waals surface area contributed by atoms with Crippen LogP contribution in [0.25, 0.3) is 0 Å². The fourth-order valence-corrected chi connectivity index (χ4v) is 2.60. The lowest BCUT2D eigenvalue weighted by atomic mass is 9.88. The number of Topliss-reactive ketones (excluding diaryl/α,β-unsaturated/α-hetero) is 1. The van der Waals surface area contributed by atoms with Crippen molar-refractivity contribution in [3.63, 3.8) is 0 Å². The fraction of sp³-hybridized carbons (Fsp3) is 0.533. The first-order chi connectivity index (χ1) is 9.11. The van der Waals surface area contributed by atoms with Gasteiger partial charge in [0.2, 0.25) is 0 Å². The minimum Gasteiger partial charge on any atom is -0.316 e. The molecule has 104 valence electrons. The summed E-state index contributed by atoms with van der Waals surface area (Å²) in [5, 5.41) is 0. The molecule has 1 atom stereocenters. The van der Waals surface area contributed by atoms with E-state index in [2.05, 4.69) is 11.8 Å². The molecule has 2 rings (SSSR count). The number of carbonyl (C=O) groups is 1. The first kappa shape index (κ1) is 14.2. The summed E-state index contributed by atoms with van der Waals surface area (Å²) in [5.74, 6) is -0.129. The molecule has 1 aromatic rings. The molecule has 0 spiro atoms. The molecule has 19 heavy (non-hydrogen) atoms. The lowest BCUT2D eigenvalue weighted by Crippen LogP contribution is -2.46. The highest BCUT2D eigenvalue weighted by Crippen LogP contribution is 2.22. The van der Waals surface area contributed by atoms with Crippen LogP contribution in [0.3, 0.4) is 0 Å². The number of carbonyl (C=O) groups excluding carboxylic acids is 1. The van der Waals surface area contributed by atoms with Gasteiger partial charge in [0.1, 0.15) is 5.82 Å². The zero-order valence-electron chi connectivity index (χ0n) is 11.3. The molecule has 0 aliphatic carbocycles. The molecule has 2 N–H and O–H groups in total. The molecular formula is C15H21FN2O. The van der Waals surface area contributed by atoms with Gasteiger partial charge in [-0.15, -0.1) is 0 Å². The number of hydrogen-bond acceptors (Lipinski definition) is 3. The number of piperidine rings is 1. The Morgan fingerprint density at radius 3 is 2.47 bits per heavy atom. The summed E-state index contributed by atoms with van der Waals surface area (Å²) < 4.78 is 12.8. The zero-order chi connectivity index (χ0) is 13.8. The number of likely N-dealkylation sites (tertiary alicyclic amines) is 1. The number of ketones is 1. The van der Waals surface area contributed by atoms with E-state index in [-0.39, 0.29) is 23.7 Å². The zero-order valence-corrected chi connectivity index (χ0v) is 11.3. The minimum absolute atomic E-state index is 0.0470. The van der Waals surface area contributed by atoms with Crippen molar-refractivity contribution in [3.05, 3.63) is 35.6 Å². The second kappa shape index (κ2) is 6.26. The Bertz CT molecular complexity index is 424. The molecule has 3 nitrogen and oxygen atoms in total. The number of benzene rings is 1. The van der Waals surface area contributed by atoms with Crippen molar-refractivity contribution in [2.45, 2.75) is 32.4 Å². The molecule has 0 amide bonds. The molecule has 1 saturated heterocycles. The van der Waals surface area contributed by atoms with Gasteiger partial charge in [0.15, 0.2) is 5.78 Å². The van der Waals surface area contributed by atoms with Crippen molar-refractivity contribution in [2.24, 2.45) is 11.7 Å². The minimum atomic E-state index is -0.305. The second-order valence-electron chi connectivity index (χ2n) is 5.16. The van der Waals surface area contributed by atoms with Crippen LogP contribution in [0.2, 0.25) is 0 Å². The number of nitrogens with two attached hydrogens (primary N) is 1. The van der Waals surface area contributed by atoms with E-state index in [1.807, 2.05) is 0 Å². The molecule has 1 aliphatic rings. The van der Waals surface area contributed by atoms with Crippen molar-refractivity contribution in [1.29, 1.82) is 0 Å². The van der Waals surface area contributed by atoms with Gasteiger partial charge in [-0.05, 0) is 43.5 Å². The molecule has 0 saturated carbocycles. The first-order valence-corrected chi connectivity index (χ1v) is 6.91. The molecule has 1 unspecified atom stereocenters. The van der Waals surface area contributed by atoms with Crippen LogP contribution in [0.15, 0.2) is 24.3 Å². The van der Waals surface area contributed by atoms with E-state index >= 15 is 0 Å². The van der Waals surface area contributed by atoms with Crippen LogP contribution in [0.5, 0.6) is 0 Å². The molecule has 0 aromatic heterocycles. The van der Waals surface area contributed by atoms with E-state index in [1.165, 1.54) is 12.1 Å². The lowest BCUT2D eigenvalue weighted by molar-refractivity contribution is 0.0790. The van der Waals surface area contributed by atoms with E-state index in [9.17, 15) is 9.18 Å². The summed E-state index contributed by atoms with van der Waals surface area (Å²) in [4.78, 5) is 14.5. The quantitative estimate of drug-likeness (QED) is 0.849. The van der Waals surface area contributed by atoms with Gasteiger partial charge in [-0.25, -0.2) is 4.39 Å². The van der Waals surface area contributed by atoms with Crippen LogP contribution in [-0.4, -0.2) is 29.9 Å². The van der Waals surface area contributed by atoms with Crippen molar-refractivity contribution in [2.75, 3.05) is 13.1 Å². The van der Waals surface area contributed by atoms with Gasteiger partial charge in [-0.1, -0.05) is 6.92 Å². The topological polar surface area (TPSA) is 46.3 Å². The molecule has 1 aliphatic heterocycles. The third kappa shape index (κ3) is 3.39. The summed E-state index contributed by atoms with van der Waals surface area (Å²) in [7, 11) is 0. The van der Waals surface area contributed by atoms with E-state index < -0.39 is 0 Å². The maximum atomic E-state index is 12.8. The molecule has 0 radical (unpaired) electrons. The monoisotopic (exact) mass is 264 g/mol. The van der Waals surface area contributed by atoms with Crippen molar-refractivity contribution in [3.8, 4) is 0 Å². The normalized spacial score (nSPS) is 19.3. The van der Waals surface area contributed by atoms with Gasteiger partial charge in [0.05, 0.1) is 6.17 Å². The summed E-state index contributed by atoms with van der Waals surface area (Å²) >= 11 is 0. The second-order valence-corrected chi connectivity index (χ2v) is 5.16. The molecule has 1 aromatic carbocycles. The summed E-state index contributed by atoms with van der Waals surface area (Å²) in [6.07, 6.45) is 2.70. The summed E-state index contributed by atoms with van der Waals surface area (Å²) in [6.45, 7) is 3.81. The lowest BCUT2D eigenvalue weighted by Gasteiger charge is -2.34. The number of halogens is 1. The van der Waals surface area contributed by atoms with E-state index in [1.54, 1.807) is 12.1 Å². The number of nitrogens with zero attached hydrogens (tertiary/aromatic N) is 1. The van der Waals surface area contributed by atoms with Gasteiger partial charge in [-0.2, -0.15) is 0 Å². The summed E-state index contributed by atoms with van der Waals surface area (Å²) in [6, 6.07) is 5.83.